The molecule has 2 aliphatic rings. The van der Waals surface area contributed by atoms with Crippen molar-refractivity contribution < 1.29 is 9.18 Å². The lowest BCUT2D eigenvalue weighted by molar-refractivity contribution is 0.0929. The predicted octanol–water partition coefficient (Wildman–Crippen LogP) is 4.05. The first kappa shape index (κ1) is 22.4. The van der Waals surface area contributed by atoms with Crippen LogP contribution < -0.4 is 16.0 Å². The molecule has 3 N–H and O–H groups in total. The first-order chi connectivity index (χ1) is 15.3. The highest BCUT2D eigenvalue weighted by Gasteiger charge is 2.28. The molecule has 172 valence electrons. The van der Waals surface area contributed by atoms with E-state index >= 15 is 0 Å². The summed E-state index contributed by atoms with van der Waals surface area (Å²) in [6.07, 6.45) is 6.35. The summed E-state index contributed by atoms with van der Waals surface area (Å²) in [5, 5.41) is 10.6. The molecule has 1 aromatic heterocycles. The van der Waals surface area contributed by atoms with Crippen LogP contribution in [-0.4, -0.2) is 46.9 Å². The van der Waals surface area contributed by atoms with Crippen LogP contribution in [0.1, 0.15) is 69.9 Å². The zero-order valence-electron chi connectivity index (χ0n) is 19.2. The Morgan fingerprint density at radius 2 is 1.84 bits per heavy atom. The second-order valence-electron chi connectivity index (χ2n) is 10.0. The number of amides is 1. The van der Waals surface area contributed by atoms with Gasteiger partial charge in [-0.3, -0.25) is 9.79 Å². The van der Waals surface area contributed by atoms with Crippen LogP contribution in [0.5, 0.6) is 0 Å². The molecule has 32 heavy (non-hydrogen) atoms. The topological polar surface area (TPSA) is 91.3 Å². The molecule has 2 aromatic rings. The van der Waals surface area contributed by atoms with Gasteiger partial charge in [-0.25, -0.2) is 14.4 Å². The standard InChI is InChI=1S/C24H33FN6O/c1-24(2,3)14-27-23(32)22-29-17-11-10-15(25)13-16(17)21(31-22)30-19-8-5-4-7-18(19)28-20-9-6-12-26-20/h10-11,13,18-19H,4-9,12,14H2,1-3H3,(H,26,28)(H,27,32)(H,29,30,31)/t18-,19+/m1/s1. The number of rotatable bonds is 5. The van der Waals surface area contributed by atoms with Gasteiger partial charge in [-0.2, -0.15) is 0 Å². The summed E-state index contributed by atoms with van der Waals surface area (Å²) in [7, 11) is 0. The molecule has 0 saturated heterocycles. The highest BCUT2D eigenvalue weighted by molar-refractivity contribution is 5.96. The van der Waals surface area contributed by atoms with Gasteiger partial charge in [0.05, 0.1) is 11.4 Å². The van der Waals surface area contributed by atoms with Crippen LogP contribution in [0.3, 0.4) is 0 Å². The van der Waals surface area contributed by atoms with Gasteiger partial charge in [-0.15, -0.1) is 0 Å². The maximum atomic E-state index is 14.1. The summed E-state index contributed by atoms with van der Waals surface area (Å²) >= 11 is 0. The number of carbonyl (C=O) groups excluding carboxylic acids is 1. The first-order valence-electron chi connectivity index (χ1n) is 11.6. The minimum atomic E-state index is -0.354. The van der Waals surface area contributed by atoms with Gasteiger partial charge in [0.2, 0.25) is 5.82 Å². The van der Waals surface area contributed by atoms with E-state index in [1.807, 2.05) is 0 Å². The molecule has 2 atom stereocenters. The number of hydrogen-bond acceptors (Lipinski definition) is 6. The van der Waals surface area contributed by atoms with Gasteiger partial charge in [-0.1, -0.05) is 33.6 Å². The summed E-state index contributed by atoms with van der Waals surface area (Å²) in [6, 6.07) is 4.72. The Kier molecular flexibility index (Phi) is 6.58. The van der Waals surface area contributed by atoms with Gasteiger partial charge in [0, 0.05) is 37.0 Å². The molecule has 0 unspecified atom stereocenters. The fourth-order valence-corrected chi connectivity index (χ4v) is 4.26. The third kappa shape index (κ3) is 5.53. The Morgan fingerprint density at radius 1 is 1.09 bits per heavy atom. The normalized spacial score (nSPS) is 21.3. The van der Waals surface area contributed by atoms with Crippen LogP contribution in [0.4, 0.5) is 10.2 Å². The van der Waals surface area contributed by atoms with Crippen molar-refractivity contribution in [2.75, 3.05) is 18.4 Å². The van der Waals surface area contributed by atoms with E-state index in [2.05, 4.69) is 51.7 Å². The van der Waals surface area contributed by atoms with Gasteiger partial charge in [0.1, 0.15) is 11.6 Å². The Bertz CT molecular complexity index is 1020. The van der Waals surface area contributed by atoms with Crippen LogP contribution in [0, 0.1) is 11.2 Å². The lowest BCUT2D eigenvalue weighted by Crippen LogP contribution is -2.48. The average molecular weight is 441 g/mol. The number of halogens is 1. The molecule has 0 spiro atoms. The van der Waals surface area contributed by atoms with Gasteiger partial charge in [0.25, 0.3) is 5.91 Å². The fourth-order valence-electron chi connectivity index (χ4n) is 4.26. The third-order valence-electron chi connectivity index (χ3n) is 5.95. The van der Waals surface area contributed by atoms with Crippen molar-refractivity contribution in [3.8, 4) is 0 Å². The van der Waals surface area contributed by atoms with Gasteiger partial charge in [-0.05, 0) is 42.9 Å². The molecule has 0 radical (unpaired) electrons. The van der Waals surface area contributed by atoms with Gasteiger partial charge >= 0.3 is 0 Å². The molecule has 1 aliphatic carbocycles. The number of nitrogens with zero attached hydrogens (tertiary/aromatic N) is 3. The molecule has 1 amide bonds. The summed E-state index contributed by atoms with van der Waals surface area (Å²) in [4.78, 5) is 26.3. The van der Waals surface area contributed by atoms with Crippen molar-refractivity contribution in [3.63, 3.8) is 0 Å². The number of nitrogens with one attached hydrogen (secondary N) is 3. The van der Waals surface area contributed by atoms with Crippen LogP contribution in [0.2, 0.25) is 0 Å². The van der Waals surface area contributed by atoms with Crippen molar-refractivity contribution in [1.82, 2.24) is 20.6 Å². The lowest BCUT2D eigenvalue weighted by atomic mass is 9.90. The second-order valence-corrected chi connectivity index (χ2v) is 10.0. The van der Waals surface area contributed by atoms with E-state index in [0.29, 0.717) is 23.3 Å². The molecule has 1 fully saturated rings. The fraction of sp³-hybridized carbons (Fsp3) is 0.583. The molecule has 1 saturated carbocycles. The van der Waals surface area contributed by atoms with Crippen LogP contribution in [0.25, 0.3) is 10.9 Å². The van der Waals surface area contributed by atoms with Gasteiger partial charge < -0.3 is 16.0 Å². The molecular formula is C24H33FN6O. The van der Waals surface area contributed by atoms with Crippen molar-refractivity contribution in [2.24, 2.45) is 10.4 Å². The van der Waals surface area contributed by atoms with Crippen LogP contribution >= 0.6 is 0 Å². The van der Waals surface area contributed by atoms with E-state index in [0.717, 1.165) is 50.9 Å². The highest BCUT2D eigenvalue weighted by Crippen LogP contribution is 2.27. The van der Waals surface area contributed by atoms with Gasteiger partial charge in [0.15, 0.2) is 0 Å². The third-order valence-corrected chi connectivity index (χ3v) is 5.95. The average Bonchev–Trinajstić information content (AvgIpc) is 3.26. The molecule has 1 aromatic carbocycles. The zero-order valence-corrected chi connectivity index (χ0v) is 19.2. The predicted molar refractivity (Wildman–Crippen MR) is 126 cm³/mol. The number of hydrogen-bond donors (Lipinski definition) is 3. The Balaban J connectivity index is 1.62. The lowest BCUT2D eigenvalue weighted by Gasteiger charge is -2.34. The summed E-state index contributed by atoms with van der Waals surface area (Å²) in [5.74, 6) is 0.990. The number of benzene rings is 1. The highest BCUT2D eigenvalue weighted by atomic mass is 19.1. The Hall–Kier alpha value is -2.77. The first-order valence-corrected chi connectivity index (χ1v) is 11.6. The molecule has 7 nitrogen and oxygen atoms in total. The summed E-state index contributed by atoms with van der Waals surface area (Å²) in [6.45, 7) is 7.55. The number of anilines is 1. The smallest absolute Gasteiger partial charge is 0.289 e. The van der Waals surface area contributed by atoms with Crippen molar-refractivity contribution in [3.05, 3.63) is 29.8 Å². The summed E-state index contributed by atoms with van der Waals surface area (Å²) in [5.41, 5.74) is 0.492. The largest absolute Gasteiger partial charge is 0.369 e. The minimum absolute atomic E-state index is 0.0549. The van der Waals surface area contributed by atoms with E-state index in [1.165, 1.54) is 12.1 Å². The molecular weight excluding hydrogens is 407 g/mol. The Morgan fingerprint density at radius 3 is 2.53 bits per heavy atom. The maximum absolute atomic E-state index is 14.1. The van der Waals surface area contributed by atoms with E-state index in [9.17, 15) is 9.18 Å². The van der Waals surface area contributed by atoms with E-state index in [-0.39, 0.29) is 35.0 Å². The quantitative estimate of drug-likeness (QED) is 0.652. The SMILES string of the molecule is CC(C)(C)CNC(=O)c1nc(N[C@H]2CCCC[C@H]2NC2=NCCC2)c2cc(F)ccc2n1. The second kappa shape index (κ2) is 9.38. The maximum Gasteiger partial charge on any atom is 0.289 e. The van der Waals surface area contributed by atoms with E-state index < -0.39 is 0 Å². The molecule has 2 heterocycles. The number of amidine groups is 1. The van der Waals surface area contributed by atoms with Crippen molar-refractivity contribution >= 4 is 28.5 Å². The van der Waals surface area contributed by atoms with Crippen molar-refractivity contribution in [2.45, 2.75) is 71.4 Å². The molecule has 0 bridgehead atoms. The van der Waals surface area contributed by atoms with E-state index in [1.54, 1.807) is 6.07 Å². The Labute approximate surface area is 188 Å². The number of aliphatic imine (C=N–C) groups is 1. The summed E-state index contributed by atoms with van der Waals surface area (Å²) < 4.78 is 14.1. The van der Waals surface area contributed by atoms with E-state index in [4.69, 9.17) is 0 Å². The molecule has 4 rings (SSSR count). The zero-order chi connectivity index (χ0) is 22.7. The van der Waals surface area contributed by atoms with Crippen LogP contribution in [-0.2, 0) is 0 Å². The number of aromatic nitrogens is 2. The number of fused-ring (bicyclic) bond motifs is 1. The molecule has 1 aliphatic heterocycles. The monoisotopic (exact) mass is 440 g/mol. The molecule has 8 heteroatoms. The minimum Gasteiger partial charge on any atom is -0.369 e. The number of carbonyl (C=O) groups is 1. The van der Waals surface area contributed by atoms with Crippen LogP contribution in [0.15, 0.2) is 23.2 Å². The van der Waals surface area contributed by atoms with Crippen molar-refractivity contribution in [1.29, 1.82) is 0 Å².